The van der Waals surface area contributed by atoms with Crippen molar-refractivity contribution in [2.24, 2.45) is 5.92 Å². The van der Waals surface area contributed by atoms with E-state index in [4.69, 9.17) is 4.74 Å². The molecule has 0 saturated heterocycles. The van der Waals surface area contributed by atoms with Gasteiger partial charge in [-0.3, -0.25) is 9.59 Å². The van der Waals surface area contributed by atoms with Gasteiger partial charge in [-0.25, -0.2) is 4.98 Å². The van der Waals surface area contributed by atoms with Gasteiger partial charge in [0.05, 0.1) is 0 Å². The summed E-state index contributed by atoms with van der Waals surface area (Å²) < 4.78 is 5.93. The topological polar surface area (TPSA) is 80.3 Å². The summed E-state index contributed by atoms with van der Waals surface area (Å²) in [7, 11) is 0. The van der Waals surface area contributed by atoms with Gasteiger partial charge in [0.1, 0.15) is 11.4 Å². The molecule has 1 saturated carbocycles. The van der Waals surface area contributed by atoms with E-state index in [1.54, 1.807) is 18.3 Å². The van der Waals surface area contributed by atoms with Gasteiger partial charge in [-0.2, -0.15) is 0 Å². The van der Waals surface area contributed by atoms with Gasteiger partial charge in [0.2, 0.25) is 17.7 Å². The van der Waals surface area contributed by atoms with Crippen molar-refractivity contribution in [3.63, 3.8) is 0 Å². The highest BCUT2D eigenvalue weighted by Crippen LogP contribution is 2.30. The van der Waals surface area contributed by atoms with Crippen LogP contribution in [0.25, 0.3) is 0 Å². The fraction of sp³-hybridized carbons (Fsp3) is 0.381. The number of rotatable bonds is 8. The smallest absolute Gasteiger partial charge is 0.243 e. The number of pyridine rings is 1. The lowest BCUT2D eigenvalue weighted by Crippen LogP contribution is -2.26. The third-order valence-corrected chi connectivity index (χ3v) is 4.63. The van der Waals surface area contributed by atoms with Crippen LogP contribution in [0.5, 0.6) is 11.6 Å². The number of aryl methyl sites for hydroxylation is 1. The standard InChI is InChI=1S/C21H25N3O3/c1-14-6-3-8-18(15(14)2)27-21-17(7-4-13-23-21)24-19(25)9-5-12-22-20(26)16-10-11-16/h3-4,6-8,13,16H,5,9-12H2,1-2H3,(H,22,26)(H,24,25). The van der Waals surface area contributed by atoms with Gasteiger partial charge in [-0.05, 0) is 62.4 Å². The molecule has 0 radical (unpaired) electrons. The Morgan fingerprint density at radius 2 is 2.00 bits per heavy atom. The SMILES string of the molecule is Cc1cccc(Oc2ncccc2NC(=O)CCCNC(=O)C2CC2)c1C. The van der Waals surface area contributed by atoms with E-state index in [-0.39, 0.29) is 17.7 Å². The van der Waals surface area contributed by atoms with Crippen LogP contribution < -0.4 is 15.4 Å². The summed E-state index contributed by atoms with van der Waals surface area (Å²) in [4.78, 5) is 28.0. The zero-order valence-corrected chi connectivity index (χ0v) is 15.7. The second-order valence-corrected chi connectivity index (χ2v) is 6.87. The Bertz CT molecular complexity index is 831. The predicted octanol–water partition coefficient (Wildman–Crippen LogP) is 3.74. The maximum absolute atomic E-state index is 12.2. The van der Waals surface area contributed by atoms with E-state index in [1.165, 1.54) is 0 Å². The molecule has 2 amide bonds. The molecule has 0 unspecified atom stereocenters. The van der Waals surface area contributed by atoms with Crippen LogP contribution in [-0.4, -0.2) is 23.3 Å². The number of amides is 2. The van der Waals surface area contributed by atoms with Crippen molar-refractivity contribution in [1.82, 2.24) is 10.3 Å². The predicted molar refractivity (Wildman–Crippen MR) is 104 cm³/mol. The van der Waals surface area contributed by atoms with E-state index in [9.17, 15) is 9.59 Å². The largest absolute Gasteiger partial charge is 0.437 e. The van der Waals surface area contributed by atoms with Crippen LogP contribution in [0.2, 0.25) is 0 Å². The molecule has 142 valence electrons. The molecule has 3 rings (SSSR count). The molecule has 1 aromatic carbocycles. The lowest BCUT2D eigenvalue weighted by molar-refractivity contribution is -0.122. The first-order valence-electron chi connectivity index (χ1n) is 9.31. The Labute approximate surface area is 159 Å². The molecule has 1 aromatic heterocycles. The highest BCUT2D eigenvalue weighted by atomic mass is 16.5. The molecule has 0 atom stereocenters. The molecule has 1 fully saturated rings. The molecular formula is C21H25N3O3. The van der Waals surface area contributed by atoms with E-state index < -0.39 is 0 Å². The number of hydrogen-bond acceptors (Lipinski definition) is 4. The van der Waals surface area contributed by atoms with Gasteiger partial charge in [0.25, 0.3) is 0 Å². The Hall–Kier alpha value is -2.89. The number of benzene rings is 1. The van der Waals surface area contributed by atoms with Crippen LogP contribution in [0.3, 0.4) is 0 Å². The second kappa shape index (κ2) is 8.66. The summed E-state index contributed by atoms with van der Waals surface area (Å²) in [5.74, 6) is 1.24. The molecule has 0 aliphatic heterocycles. The van der Waals surface area contributed by atoms with E-state index >= 15 is 0 Å². The summed E-state index contributed by atoms with van der Waals surface area (Å²) >= 11 is 0. The van der Waals surface area contributed by atoms with Gasteiger partial charge in [0.15, 0.2) is 0 Å². The fourth-order valence-corrected chi connectivity index (χ4v) is 2.67. The second-order valence-electron chi connectivity index (χ2n) is 6.87. The monoisotopic (exact) mass is 367 g/mol. The maximum atomic E-state index is 12.2. The quantitative estimate of drug-likeness (QED) is 0.697. The van der Waals surface area contributed by atoms with Gasteiger partial charge in [-0.1, -0.05) is 12.1 Å². The van der Waals surface area contributed by atoms with Gasteiger partial charge in [-0.15, -0.1) is 0 Å². The van der Waals surface area contributed by atoms with Crippen LogP contribution in [0.4, 0.5) is 5.69 Å². The van der Waals surface area contributed by atoms with E-state index in [1.807, 2.05) is 32.0 Å². The Balaban J connectivity index is 1.54. The third kappa shape index (κ3) is 5.29. The molecular weight excluding hydrogens is 342 g/mol. The van der Waals surface area contributed by atoms with E-state index in [0.717, 1.165) is 24.0 Å². The summed E-state index contributed by atoms with van der Waals surface area (Å²) in [6, 6.07) is 9.34. The Morgan fingerprint density at radius 3 is 2.78 bits per heavy atom. The highest BCUT2D eigenvalue weighted by molar-refractivity contribution is 5.92. The zero-order valence-electron chi connectivity index (χ0n) is 15.7. The Kier molecular flexibility index (Phi) is 6.06. The molecule has 1 aliphatic carbocycles. The molecule has 0 spiro atoms. The minimum atomic E-state index is -0.130. The molecule has 27 heavy (non-hydrogen) atoms. The summed E-state index contributed by atoms with van der Waals surface area (Å²) in [6.45, 7) is 4.52. The van der Waals surface area contributed by atoms with Crippen LogP contribution >= 0.6 is 0 Å². The van der Waals surface area contributed by atoms with Crippen molar-refractivity contribution < 1.29 is 14.3 Å². The number of carbonyl (C=O) groups is 2. The van der Waals surface area contributed by atoms with Crippen molar-refractivity contribution >= 4 is 17.5 Å². The van der Waals surface area contributed by atoms with Crippen molar-refractivity contribution in [1.29, 1.82) is 0 Å². The first-order chi connectivity index (χ1) is 13.0. The van der Waals surface area contributed by atoms with Gasteiger partial charge < -0.3 is 15.4 Å². The number of hydrogen-bond donors (Lipinski definition) is 2. The average molecular weight is 367 g/mol. The minimum Gasteiger partial charge on any atom is -0.437 e. The maximum Gasteiger partial charge on any atom is 0.243 e. The molecule has 6 nitrogen and oxygen atoms in total. The van der Waals surface area contributed by atoms with Crippen molar-refractivity contribution in [2.75, 3.05) is 11.9 Å². The first-order valence-corrected chi connectivity index (χ1v) is 9.31. The van der Waals surface area contributed by atoms with Crippen LogP contribution in [0.1, 0.15) is 36.8 Å². The molecule has 6 heteroatoms. The van der Waals surface area contributed by atoms with Gasteiger partial charge in [0, 0.05) is 25.1 Å². The lowest BCUT2D eigenvalue weighted by atomic mass is 10.1. The van der Waals surface area contributed by atoms with Gasteiger partial charge >= 0.3 is 0 Å². The normalized spacial score (nSPS) is 13.1. The number of carbonyl (C=O) groups excluding carboxylic acids is 2. The lowest BCUT2D eigenvalue weighted by Gasteiger charge is -2.13. The highest BCUT2D eigenvalue weighted by Gasteiger charge is 2.29. The summed E-state index contributed by atoms with van der Waals surface area (Å²) in [5.41, 5.74) is 2.69. The number of aromatic nitrogens is 1. The van der Waals surface area contributed by atoms with Crippen molar-refractivity contribution in [3.8, 4) is 11.6 Å². The molecule has 2 N–H and O–H groups in total. The molecule has 1 aliphatic rings. The molecule has 1 heterocycles. The average Bonchev–Trinajstić information content (AvgIpc) is 3.49. The van der Waals surface area contributed by atoms with Crippen molar-refractivity contribution in [3.05, 3.63) is 47.7 Å². The van der Waals surface area contributed by atoms with Crippen LogP contribution in [-0.2, 0) is 9.59 Å². The minimum absolute atomic E-state index is 0.104. The zero-order chi connectivity index (χ0) is 19.2. The third-order valence-electron chi connectivity index (χ3n) is 4.63. The van der Waals surface area contributed by atoms with Crippen LogP contribution in [0, 0.1) is 19.8 Å². The number of nitrogens with one attached hydrogen (secondary N) is 2. The first kappa shape index (κ1) is 18.9. The Morgan fingerprint density at radius 1 is 1.19 bits per heavy atom. The molecule has 2 aromatic rings. The molecule has 0 bridgehead atoms. The number of anilines is 1. The summed E-state index contributed by atoms with van der Waals surface area (Å²) in [6.07, 6.45) is 4.51. The fourth-order valence-electron chi connectivity index (χ4n) is 2.67. The number of nitrogens with zero attached hydrogens (tertiary/aromatic N) is 1. The number of ether oxygens (including phenoxy) is 1. The van der Waals surface area contributed by atoms with E-state index in [2.05, 4.69) is 15.6 Å². The summed E-state index contributed by atoms with van der Waals surface area (Å²) in [5, 5.41) is 5.71. The van der Waals surface area contributed by atoms with Crippen molar-refractivity contribution in [2.45, 2.75) is 39.5 Å². The van der Waals surface area contributed by atoms with Crippen LogP contribution in [0.15, 0.2) is 36.5 Å². The van der Waals surface area contributed by atoms with E-state index in [0.29, 0.717) is 36.7 Å².